The van der Waals surface area contributed by atoms with Crippen LogP contribution >= 0.6 is 0 Å². The molecule has 310 valence electrons. The number of nitrogens with zero attached hydrogens (tertiary/aromatic N) is 1. The standard InChI is InChI=1S/C40H73N7O7/c1-6-8-10-15-19-34-27(4)40(52)47(5)33(18-9-7-2)38(50)46-35(29-16-13-11-12-14-17-29)39(51)44-31(23-42)36(48)45-32(37(49)43-26(3)24-54-34)25-53-30-20-28(21-30)22-41/h26-35H,6-25,41-42H2,1-5H3,(H,43,49)(H,44,51)(H,45,48)(H,46,50)/t26-,27-,28-,30-,31+,32+,33+,34-,35+/m1/s1. The first-order valence-corrected chi connectivity index (χ1v) is 21.0. The third-order valence-corrected chi connectivity index (χ3v) is 11.7. The van der Waals surface area contributed by atoms with Gasteiger partial charge in [0.25, 0.3) is 0 Å². The number of ether oxygens (including phenoxy) is 2. The van der Waals surface area contributed by atoms with Crippen molar-refractivity contribution in [2.75, 3.05) is 33.4 Å². The molecule has 2 aliphatic carbocycles. The van der Waals surface area contributed by atoms with E-state index in [9.17, 15) is 24.0 Å². The predicted molar refractivity (Wildman–Crippen MR) is 209 cm³/mol. The van der Waals surface area contributed by atoms with Crippen molar-refractivity contribution in [2.24, 2.45) is 29.2 Å². The van der Waals surface area contributed by atoms with Crippen LogP contribution in [-0.4, -0.2) is 110 Å². The van der Waals surface area contributed by atoms with Crippen LogP contribution in [0.5, 0.6) is 0 Å². The molecule has 3 rings (SSSR count). The molecule has 1 heterocycles. The Morgan fingerprint density at radius 1 is 0.741 bits per heavy atom. The van der Waals surface area contributed by atoms with Crippen LogP contribution in [0, 0.1) is 17.8 Å². The summed E-state index contributed by atoms with van der Waals surface area (Å²) < 4.78 is 12.5. The molecule has 3 fully saturated rings. The van der Waals surface area contributed by atoms with Gasteiger partial charge in [-0.25, -0.2) is 0 Å². The second kappa shape index (κ2) is 24.0. The third-order valence-electron chi connectivity index (χ3n) is 11.7. The number of hydrogen-bond donors (Lipinski definition) is 6. The minimum absolute atomic E-state index is 0.0679. The average Bonchev–Trinajstić information content (AvgIpc) is 3.43. The van der Waals surface area contributed by atoms with Crippen molar-refractivity contribution in [1.29, 1.82) is 0 Å². The first kappa shape index (κ1) is 45.6. The lowest BCUT2D eigenvalue weighted by Crippen LogP contribution is -2.62. The molecular formula is C40H73N7O7. The van der Waals surface area contributed by atoms with E-state index in [-0.39, 0.29) is 37.7 Å². The summed E-state index contributed by atoms with van der Waals surface area (Å²) in [6.07, 6.45) is 13.1. The summed E-state index contributed by atoms with van der Waals surface area (Å²) in [5.74, 6) is -2.55. The maximum absolute atomic E-state index is 14.3. The fourth-order valence-electron chi connectivity index (χ4n) is 7.91. The van der Waals surface area contributed by atoms with E-state index in [1.807, 2.05) is 20.8 Å². The predicted octanol–water partition coefficient (Wildman–Crippen LogP) is 2.65. The summed E-state index contributed by atoms with van der Waals surface area (Å²) in [6.45, 7) is 8.24. The monoisotopic (exact) mass is 764 g/mol. The number of rotatable bonds is 14. The molecule has 1 aliphatic heterocycles. The molecule has 2 saturated carbocycles. The minimum atomic E-state index is -1.17. The van der Waals surface area contributed by atoms with Gasteiger partial charge in [0.1, 0.15) is 24.2 Å². The van der Waals surface area contributed by atoms with Crippen molar-refractivity contribution < 1.29 is 33.4 Å². The first-order valence-electron chi connectivity index (χ1n) is 21.0. The van der Waals surface area contributed by atoms with Gasteiger partial charge in [0.2, 0.25) is 29.5 Å². The van der Waals surface area contributed by atoms with Crippen molar-refractivity contribution in [1.82, 2.24) is 26.2 Å². The molecule has 14 heteroatoms. The van der Waals surface area contributed by atoms with E-state index in [0.29, 0.717) is 31.7 Å². The van der Waals surface area contributed by atoms with Crippen LogP contribution in [0.15, 0.2) is 0 Å². The zero-order valence-electron chi connectivity index (χ0n) is 33.9. The Morgan fingerprint density at radius 2 is 1.39 bits per heavy atom. The van der Waals surface area contributed by atoms with E-state index < -0.39 is 65.9 Å². The second-order valence-corrected chi connectivity index (χ2v) is 16.2. The third kappa shape index (κ3) is 14.0. The molecule has 0 spiro atoms. The zero-order valence-corrected chi connectivity index (χ0v) is 33.9. The summed E-state index contributed by atoms with van der Waals surface area (Å²) in [6, 6.07) is -4.43. The van der Waals surface area contributed by atoms with Crippen molar-refractivity contribution >= 4 is 29.5 Å². The maximum atomic E-state index is 14.3. The quantitative estimate of drug-likeness (QED) is 0.113. The van der Waals surface area contributed by atoms with Crippen molar-refractivity contribution in [3.8, 4) is 0 Å². The molecule has 14 nitrogen and oxygen atoms in total. The van der Waals surface area contributed by atoms with Gasteiger partial charge in [-0.1, -0.05) is 85.0 Å². The number of carbonyl (C=O) groups is 5. The van der Waals surface area contributed by atoms with Gasteiger partial charge in [-0.15, -0.1) is 0 Å². The van der Waals surface area contributed by atoms with Crippen molar-refractivity contribution in [3.63, 3.8) is 0 Å². The van der Waals surface area contributed by atoms with E-state index in [1.165, 1.54) is 4.90 Å². The number of hydrogen-bond acceptors (Lipinski definition) is 9. The molecule has 0 aromatic carbocycles. The number of carbonyl (C=O) groups excluding carboxylic acids is 5. The van der Waals surface area contributed by atoms with Gasteiger partial charge in [0.15, 0.2) is 0 Å². The van der Waals surface area contributed by atoms with Gasteiger partial charge in [0, 0.05) is 19.6 Å². The Morgan fingerprint density at radius 3 is 2.02 bits per heavy atom. The fourth-order valence-corrected chi connectivity index (χ4v) is 7.91. The number of amides is 5. The maximum Gasteiger partial charge on any atom is 0.245 e. The molecular weight excluding hydrogens is 690 g/mol. The van der Waals surface area contributed by atoms with Crippen LogP contribution in [-0.2, 0) is 33.4 Å². The van der Waals surface area contributed by atoms with Crippen LogP contribution in [0.4, 0.5) is 0 Å². The number of nitrogens with two attached hydrogens (primary N) is 2. The Hall–Kier alpha value is -2.81. The number of likely N-dealkylation sites (N-methyl/N-ethyl adjacent to an activating group) is 1. The Balaban J connectivity index is 1.98. The second-order valence-electron chi connectivity index (χ2n) is 16.2. The lowest BCUT2D eigenvalue weighted by Gasteiger charge is -2.35. The van der Waals surface area contributed by atoms with E-state index in [4.69, 9.17) is 20.9 Å². The lowest BCUT2D eigenvalue weighted by molar-refractivity contribution is -0.147. The largest absolute Gasteiger partial charge is 0.376 e. The highest BCUT2D eigenvalue weighted by molar-refractivity contribution is 5.96. The molecule has 0 aromatic heterocycles. The van der Waals surface area contributed by atoms with E-state index in [2.05, 4.69) is 28.2 Å². The normalized spacial score (nSPS) is 31.9. The highest BCUT2D eigenvalue weighted by Crippen LogP contribution is 2.29. The molecule has 54 heavy (non-hydrogen) atoms. The summed E-state index contributed by atoms with van der Waals surface area (Å²) in [5.41, 5.74) is 11.9. The fraction of sp³-hybridized carbons (Fsp3) is 0.875. The summed E-state index contributed by atoms with van der Waals surface area (Å²) in [7, 11) is 1.66. The molecule has 0 aromatic rings. The van der Waals surface area contributed by atoms with Crippen LogP contribution in [0.2, 0.25) is 0 Å². The zero-order chi connectivity index (χ0) is 39.6. The summed E-state index contributed by atoms with van der Waals surface area (Å²) in [4.78, 5) is 71.7. The molecule has 0 bridgehead atoms. The van der Waals surface area contributed by atoms with Crippen LogP contribution in [0.3, 0.4) is 0 Å². The van der Waals surface area contributed by atoms with Gasteiger partial charge >= 0.3 is 0 Å². The molecule has 8 N–H and O–H groups in total. The molecule has 5 amide bonds. The Bertz CT molecular complexity index is 1180. The van der Waals surface area contributed by atoms with Gasteiger partial charge in [-0.2, -0.15) is 0 Å². The van der Waals surface area contributed by atoms with Crippen molar-refractivity contribution in [2.45, 2.75) is 173 Å². The minimum Gasteiger partial charge on any atom is -0.376 e. The molecule has 3 aliphatic rings. The van der Waals surface area contributed by atoms with E-state index >= 15 is 0 Å². The van der Waals surface area contributed by atoms with Gasteiger partial charge < -0.3 is 47.1 Å². The highest BCUT2D eigenvalue weighted by atomic mass is 16.5. The first-order chi connectivity index (χ1) is 25.9. The van der Waals surface area contributed by atoms with Gasteiger partial charge in [-0.05, 0) is 63.8 Å². The smallest absolute Gasteiger partial charge is 0.245 e. The van der Waals surface area contributed by atoms with E-state index in [1.54, 1.807) is 7.05 Å². The molecule has 7 atom stereocenters. The number of nitrogens with one attached hydrogen (secondary N) is 4. The average molecular weight is 764 g/mol. The molecule has 0 unspecified atom stereocenters. The molecule has 1 saturated heterocycles. The van der Waals surface area contributed by atoms with E-state index in [0.717, 1.165) is 83.5 Å². The van der Waals surface area contributed by atoms with Gasteiger partial charge in [-0.3, -0.25) is 24.0 Å². The summed E-state index contributed by atoms with van der Waals surface area (Å²) in [5, 5.41) is 11.6. The Kier molecular flexibility index (Phi) is 20.2. The van der Waals surface area contributed by atoms with Crippen LogP contribution in [0.1, 0.15) is 130 Å². The van der Waals surface area contributed by atoms with Crippen LogP contribution < -0.4 is 32.7 Å². The van der Waals surface area contributed by atoms with Crippen LogP contribution in [0.25, 0.3) is 0 Å². The highest BCUT2D eigenvalue weighted by Gasteiger charge is 2.39. The summed E-state index contributed by atoms with van der Waals surface area (Å²) >= 11 is 0. The Labute approximate surface area is 324 Å². The number of unbranched alkanes of at least 4 members (excludes halogenated alkanes) is 4. The molecule has 0 radical (unpaired) electrons. The SMILES string of the molecule is CCCCCC[C@H]1OC[C@@H](C)NC(=O)[C@H](CO[C@H]2C[C@H](CN)C2)NC(=O)[C@H](CN)NC(=O)[C@H](C2CCCCCC2)NC(=O)[C@H](CCCC)N(C)C(=O)[C@@H]1C. The lowest BCUT2D eigenvalue weighted by atomic mass is 9.82. The topological polar surface area (TPSA) is 207 Å². The van der Waals surface area contributed by atoms with Crippen molar-refractivity contribution in [3.05, 3.63) is 0 Å². The van der Waals surface area contributed by atoms with Gasteiger partial charge in [0.05, 0.1) is 31.3 Å².